The van der Waals surface area contributed by atoms with E-state index < -0.39 is 0 Å². The van der Waals surface area contributed by atoms with E-state index in [2.05, 4.69) is 68.1 Å². The van der Waals surface area contributed by atoms with Gasteiger partial charge in [0.2, 0.25) is 5.88 Å². The van der Waals surface area contributed by atoms with E-state index in [4.69, 9.17) is 4.74 Å². The molecule has 0 aliphatic carbocycles. The monoisotopic (exact) mass is 356 g/mol. The number of fused-ring (bicyclic) bond motifs is 1. The van der Waals surface area contributed by atoms with Crippen LogP contribution in [0.5, 0.6) is 5.88 Å². The maximum Gasteiger partial charge on any atom is 0.238 e. The van der Waals surface area contributed by atoms with Crippen molar-refractivity contribution in [3.8, 4) is 5.88 Å². The van der Waals surface area contributed by atoms with Gasteiger partial charge in [-0.2, -0.15) is 0 Å². The van der Waals surface area contributed by atoms with E-state index in [0.717, 1.165) is 17.6 Å². The summed E-state index contributed by atoms with van der Waals surface area (Å²) < 4.78 is 8.31. The Balaban J connectivity index is 0.00000225. The first-order valence-electron chi connectivity index (χ1n) is 8.27. The molecule has 4 heteroatoms. The van der Waals surface area contributed by atoms with Crippen LogP contribution in [0.3, 0.4) is 0 Å². The minimum absolute atomic E-state index is 0. The van der Waals surface area contributed by atoms with Gasteiger partial charge in [0.15, 0.2) is 0 Å². The van der Waals surface area contributed by atoms with Crippen LogP contribution in [0.25, 0.3) is 10.9 Å². The predicted molar refractivity (Wildman–Crippen MR) is 107 cm³/mol. The maximum atomic E-state index is 6.09. The molecular formula is C21H25ClN2O. The van der Waals surface area contributed by atoms with Gasteiger partial charge in [0.05, 0.1) is 0 Å². The maximum absolute atomic E-state index is 6.09. The van der Waals surface area contributed by atoms with E-state index in [0.29, 0.717) is 12.5 Å². The Hall–Kier alpha value is -2.26. The number of benzene rings is 1. The fraction of sp³-hybridized carbons (Fsp3) is 0.286. The van der Waals surface area contributed by atoms with Crippen LogP contribution in [-0.4, -0.2) is 9.55 Å². The smallest absolute Gasteiger partial charge is 0.238 e. The highest BCUT2D eigenvalue weighted by Gasteiger charge is 2.15. The van der Waals surface area contributed by atoms with Gasteiger partial charge in [-0.25, -0.2) is 4.98 Å². The Kier molecular flexibility index (Phi) is 5.91. The van der Waals surface area contributed by atoms with Crippen molar-refractivity contribution in [2.75, 3.05) is 0 Å². The van der Waals surface area contributed by atoms with Crippen molar-refractivity contribution in [2.24, 2.45) is 0 Å². The summed E-state index contributed by atoms with van der Waals surface area (Å²) in [4.78, 5) is 4.48. The molecule has 25 heavy (non-hydrogen) atoms. The largest absolute Gasteiger partial charge is 0.471 e. The van der Waals surface area contributed by atoms with Crippen molar-refractivity contribution in [3.63, 3.8) is 0 Å². The van der Waals surface area contributed by atoms with Gasteiger partial charge in [-0.3, -0.25) is 0 Å². The summed E-state index contributed by atoms with van der Waals surface area (Å²) >= 11 is 0. The number of hydrogen-bond acceptors (Lipinski definition) is 2. The van der Waals surface area contributed by atoms with E-state index >= 15 is 0 Å². The average Bonchev–Trinajstić information content (AvgIpc) is 2.82. The van der Waals surface area contributed by atoms with Gasteiger partial charge in [-0.05, 0) is 56.0 Å². The van der Waals surface area contributed by atoms with Crippen LogP contribution in [0.15, 0.2) is 43.1 Å². The van der Waals surface area contributed by atoms with Crippen molar-refractivity contribution < 1.29 is 4.74 Å². The molecule has 3 nitrogen and oxygen atoms in total. The molecule has 2 aromatic heterocycles. The molecular weight excluding hydrogens is 332 g/mol. The number of rotatable bonds is 5. The lowest BCUT2D eigenvalue weighted by Gasteiger charge is -2.11. The lowest BCUT2D eigenvalue weighted by Crippen LogP contribution is -2.03. The second-order valence-electron chi connectivity index (χ2n) is 6.33. The van der Waals surface area contributed by atoms with Crippen molar-refractivity contribution in [3.05, 3.63) is 71.1 Å². The van der Waals surface area contributed by atoms with E-state index in [9.17, 15) is 0 Å². The Morgan fingerprint density at radius 1 is 1.12 bits per heavy atom. The van der Waals surface area contributed by atoms with Gasteiger partial charge in [-0.1, -0.05) is 24.3 Å². The Morgan fingerprint density at radius 3 is 2.56 bits per heavy atom. The Bertz CT molecular complexity index is 912. The van der Waals surface area contributed by atoms with Crippen LogP contribution in [0, 0.1) is 27.7 Å². The highest BCUT2D eigenvalue weighted by Crippen LogP contribution is 2.31. The first kappa shape index (κ1) is 19.1. The number of aryl methyl sites for hydroxylation is 3. The zero-order valence-electron chi connectivity index (χ0n) is 15.3. The van der Waals surface area contributed by atoms with Crippen LogP contribution < -0.4 is 4.74 Å². The summed E-state index contributed by atoms with van der Waals surface area (Å²) in [5.74, 6) is 0.684. The number of allylic oxidation sites excluding steroid dienone is 1. The van der Waals surface area contributed by atoms with Crippen LogP contribution in [0.2, 0.25) is 0 Å². The third-order valence-electron chi connectivity index (χ3n) is 4.77. The molecule has 0 aliphatic heterocycles. The van der Waals surface area contributed by atoms with Crippen molar-refractivity contribution in [1.29, 1.82) is 0 Å². The van der Waals surface area contributed by atoms with Crippen LogP contribution in [0.1, 0.15) is 27.9 Å². The Labute approximate surface area is 155 Å². The molecule has 0 aliphatic rings. The first-order valence-corrected chi connectivity index (χ1v) is 8.27. The van der Waals surface area contributed by atoms with Crippen molar-refractivity contribution in [2.45, 2.75) is 40.8 Å². The molecule has 0 saturated carbocycles. The van der Waals surface area contributed by atoms with Crippen molar-refractivity contribution in [1.82, 2.24) is 9.55 Å². The summed E-state index contributed by atoms with van der Waals surface area (Å²) in [5, 5.41) is 1.19. The minimum atomic E-state index is 0. The molecule has 0 radical (unpaired) electrons. The molecule has 3 aromatic rings. The number of ether oxygens (including phenoxy) is 1. The van der Waals surface area contributed by atoms with Gasteiger partial charge in [0.25, 0.3) is 0 Å². The topological polar surface area (TPSA) is 27.1 Å². The molecule has 0 spiro atoms. The molecule has 0 saturated heterocycles. The van der Waals surface area contributed by atoms with Gasteiger partial charge < -0.3 is 9.30 Å². The number of pyridine rings is 1. The second-order valence-corrected chi connectivity index (χ2v) is 6.33. The minimum Gasteiger partial charge on any atom is -0.471 e. The van der Waals surface area contributed by atoms with E-state index in [1.807, 2.05) is 12.3 Å². The Morgan fingerprint density at radius 2 is 1.88 bits per heavy atom. The summed E-state index contributed by atoms with van der Waals surface area (Å²) in [6.07, 6.45) is 3.73. The zero-order chi connectivity index (χ0) is 17.3. The molecule has 0 fully saturated rings. The van der Waals surface area contributed by atoms with Crippen LogP contribution in [0.4, 0.5) is 0 Å². The highest BCUT2D eigenvalue weighted by atomic mass is 35.5. The molecule has 0 amide bonds. The van der Waals surface area contributed by atoms with Gasteiger partial charge in [0.1, 0.15) is 12.1 Å². The molecule has 0 N–H and O–H groups in total. The third-order valence-corrected chi connectivity index (χ3v) is 4.77. The van der Waals surface area contributed by atoms with E-state index in [-0.39, 0.29) is 12.4 Å². The van der Waals surface area contributed by atoms with Gasteiger partial charge in [-0.15, -0.1) is 19.0 Å². The molecule has 2 heterocycles. The fourth-order valence-corrected chi connectivity index (χ4v) is 3.07. The molecule has 1 aromatic carbocycles. The number of halogens is 1. The van der Waals surface area contributed by atoms with Crippen molar-refractivity contribution >= 4 is 23.3 Å². The van der Waals surface area contributed by atoms with E-state index in [1.165, 1.54) is 27.8 Å². The lowest BCUT2D eigenvalue weighted by atomic mass is 10.1. The first-order chi connectivity index (χ1) is 11.5. The zero-order valence-corrected chi connectivity index (χ0v) is 16.1. The lowest BCUT2D eigenvalue weighted by molar-refractivity contribution is 0.296. The normalized spacial score (nSPS) is 10.6. The average molecular weight is 357 g/mol. The summed E-state index contributed by atoms with van der Waals surface area (Å²) in [6, 6.07) is 8.48. The molecule has 0 bridgehead atoms. The third kappa shape index (κ3) is 3.57. The SMILES string of the molecule is C=CCn1c(C)c(C)c2ccnc(OCc3ccc(C)c(C)c3)c21.Cl. The molecule has 0 atom stereocenters. The summed E-state index contributed by atoms with van der Waals surface area (Å²) in [5.41, 5.74) is 7.29. The standard InChI is InChI=1S/C21H24N2O.ClH/c1-6-11-23-17(5)16(4)19-9-10-22-21(20(19)23)24-13-18-8-7-14(2)15(3)12-18;/h6-10,12H,1,11,13H2,2-5H3;1H. The number of hydrogen-bond donors (Lipinski definition) is 0. The van der Waals surface area contributed by atoms with Crippen LogP contribution >= 0.6 is 12.4 Å². The summed E-state index contributed by atoms with van der Waals surface area (Å²) in [6.45, 7) is 13.7. The molecule has 3 rings (SSSR count). The number of nitrogens with zero attached hydrogens (tertiary/aromatic N) is 2. The predicted octanol–water partition coefficient (Wildman–Crippen LogP) is 5.46. The molecule has 0 unspecified atom stereocenters. The summed E-state index contributed by atoms with van der Waals surface area (Å²) in [7, 11) is 0. The van der Waals surface area contributed by atoms with E-state index in [1.54, 1.807) is 0 Å². The van der Waals surface area contributed by atoms with Gasteiger partial charge >= 0.3 is 0 Å². The van der Waals surface area contributed by atoms with Crippen LogP contribution in [-0.2, 0) is 13.2 Å². The second kappa shape index (κ2) is 7.75. The fourth-order valence-electron chi connectivity index (χ4n) is 3.07. The number of aromatic nitrogens is 2. The van der Waals surface area contributed by atoms with Gasteiger partial charge in [0, 0.05) is 23.8 Å². The molecule has 132 valence electrons. The quantitative estimate of drug-likeness (QED) is 0.568. The highest BCUT2D eigenvalue weighted by molar-refractivity contribution is 5.88.